The minimum atomic E-state index is -0.0114. The normalized spacial score (nSPS) is 20.5. The molecular weight excluding hydrogens is 308 g/mol. The van der Waals surface area contributed by atoms with Crippen molar-refractivity contribution in [3.05, 3.63) is 23.8 Å². The van der Waals surface area contributed by atoms with Gasteiger partial charge < -0.3 is 19.3 Å². The maximum Gasteiger partial charge on any atom is 0.254 e. The molecule has 0 atom stereocenters. The summed E-state index contributed by atoms with van der Waals surface area (Å²) in [5.41, 5.74) is 0.609. The van der Waals surface area contributed by atoms with Crippen molar-refractivity contribution in [2.75, 3.05) is 39.4 Å². The number of carbonyl (C=O) groups is 2. The lowest BCUT2D eigenvalue weighted by molar-refractivity contribution is -0.139. The Morgan fingerprint density at radius 1 is 0.917 bits per heavy atom. The van der Waals surface area contributed by atoms with E-state index in [1.807, 2.05) is 9.80 Å². The first kappa shape index (κ1) is 15.3. The van der Waals surface area contributed by atoms with Gasteiger partial charge in [-0.15, -0.1) is 0 Å². The first-order chi connectivity index (χ1) is 11.7. The van der Waals surface area contributed by atoms with Gasteiger partial charge in [-0.05, 0) is 31.0 Å². The first-order valence-corrected chi connectivity index (χ1v) is 8.70. The zero-order valence-electron chi connectivity index (χ0n) is 13.7. The van der Waals surface area contributed by atoms with E-state index in [1.165, 1.54) is 6.42 Å². The predicted octanol–water partition coefficient (Wildman–Crippen LogP) is 1.54. The molecule has 24 heavy (non-hydrogen) atoms. The number of piperazine rings is 1. The van der Waals surface area contributed by atoms with Crippen LogP contribution in [0.3, 0.4) is 0 Å². The van der Waals surface area contributed by atoms with E-state index in [-0.39, 0.29) is 17.7 Å². The molecule has 0 spiro atoms. The Kier molecular flexibility index (Phi) is 4.04. The molecular formula is C18H22N2O4. The smallest absolute Gasteiger partial charge is 0.254 e. The Balaban J connectivity index is 1.38. The van der Waals surface area contributed by atoms with Crippen LogP contribution in [0.4, 0.5) is 0 Å². The van der Waals surface area contributed by atoms with Gasteiger partial charge in [-0.25, -0.2) is 0 Å². The van der Waals surface area contributed by atoms with Crippen molar-refractivity contribution in [3.63, 3.8) is 0 Å². The summed E-state index contributed by atoms with van der Waals surface area (Å²) in [7, 11) is 0. The highest BCUT2D eigenvalue weighted by Crippen LogP contribution is 2.31. The van der Waals surface area contributed by atoms with Gasteiger partial charge in [0.15, 0.2) is 11.5 Å². The van der Waals surface area contributed by atoms with Crippen molar-refractivity contribution in [3.8, 4) is 11.5 Å². The van der Waals surface area contributed by atoms with E-state index in [0.717, 1.165) is 12.8 Å². The van der Waals surface area contributed by atoms with Gasteiger partial charge in [0.25, 0.3) is 5.91 Å². The van der Waals surface area contributed by atoms with E-state index < -0.39 is 0 Å². The van der Waals surface area contributed by atoms with Crippen LogP contribution in [0.2, 0.25) is 0 Å². The van der Waals surface area contributed by atoms with Gasteiger partial charge in [0.1, 0.15) is 13.2 Å². The second-order valence-electron chi connectivity index (χ2n) is 6.60. The summed E-state index contributed by atoms with van der Waals surface area (Å²) in [6.07, 6.45) is 3.21. The fourth-order valence-corrected chi connectivity index (χ4v) is 3.40. The Labute approximate surface area is 141 Å². The van der Waals surface area contributed by atoms with Gasteiger partial charge in [-0.2, -0.15) is 0 Å². The molecule has 0 unspecified atom stereocenters. The number of benzene rings is 1. The maximum atomic E-state index is 12.7. The van der Waals surface area contributed by atoms with Crippen LogP contribution >= 0.6 is 0 Å². The molecule has 0 radical (unpaired) electrons. The van der Waals surface area contributed by atoms with Crippen molar-refractivity contribution in [2.24, 2.45) is 5.92 Å². The Bertz CT molecular complexity index is 648. The zero-order valence-corrected chi connectivity index (χ0v) is 13.7. The molecule has 2 aliphatic heterocycles. The summed E-state index contributed by atoms with van der Waals surface area (Å²) in [6, 6.07) is 5.32. The van der Waals surface area contributed by atoms with Crippen LogP contribution in [0.25, 0.3) is 0 Å². The Hall–Kier alpha value is -2.24. The summed E-state index contributed by atoms with van der Waals surface area (Å²) in [5, 5.41) is 0. The predicted molar refractivity (Wildman–Crippen MR) is 87.3 cm³/mol. The van der Waals surface area contributed by atoms with Crippen LogP contribution in [-0.4, -0.2) is 61.0 Å². The van der Waals surface area contributed by atoms with Crippen LogP contribution in [0.1, 0.15) is 29.6 Å². The molecule has 1 aliphatic carbocycles. The standard InChI is InChI=1S/C18H22N2O4/c21-17(13-2-1-3-13)19-6-8-20(9-7-19)18(22)14-4-5-15-16(12-14)24-11-10-23-15/h4-5,12-13H,1-3,6-11H2. The second-order valence-corrected chi connectivity index (χ2v) is 6.60. The topological polar surface area (TPSA) is 59.1 Å². The number of nitrogens with zero attached hydrogens (tertiary/aromatic N) is 2. The molecule has 2 heterocycles. The molecule has 1 aromatic carbocycles. The van der Waals surface area contributed by atoms with E-state index in [9.17, 15) is 9.59 Å². The lowest BCUT2D eigenvalue weighted by Gasteiger charge is -2.38. The fourth-order valence-electron chi connectivity index (χ4n) is 3.40. The summed E-state index contributed by atoms with van der Waals surface area (Å²) >= 11 is 0. The Morgan fingerprint density at radius 2 is 1.58 bits per heavy atom. The Morgan fingerprint density at radius 3 is 2.25 bits per heavy atom. The van der Waals surface area contributed by atoms with E-state index in [0.29, 0.717) is 56.5 Å². The highest BCUT2D eigenvalue weighted by molar-refractivity contribution is 5.95. The van der Waals surface area contributed by atoms with Crippen molar-refractivity contribution in [2.45, 2.75) is 19.3 Å². The summed E-state index contributed by atoms with van der Waals surface area (Å²) < 4.78 is 11.0. The molecule has 1 saturated heterocycles. The number of ether oxygens (including phenoxy) is 2. The van der Waals surface area contributed by atoms with Gasteiger partial charge >= 0.3 is 0 Å². The summed E-state index contributed by atoms with van der Waals surface area (Å²) in [4.78, 5) is 28.7. The molecule has 6 heteroatoms. The van der Waals surface area contributed by atoms with Crippen molar-refractivity contribution in [1.29, 1.82) is 0 Å². The maximum absolute atomic E-state index is 12.7. The van der Waals surface area contributed by atoms with E-state index in [1.54, 1.807) is 18.2 Å². The fraction of sp³-hybridized carbons (Fsp3) is 0.556. The van der Waals surface area contributed by atoms with Crippen molar-refractivity contribution < 1.29 is 19.1 Å². The zero-order chi connectivity index (χ0) is 16.5. The quantitative estimate of drug-likeness (QED) is 0.825. The van der Waals surface area contributed by atoms with Gasteiger partial charge in [0.05, 0.1) is 0 Å². The van der Waals surface area contributed by atoms with E-state index in [4.69, 9.17) is 9.47 Å². The van der Waals surface area contributed by atoms with Gasteiger partial charge in [-0.3, -0.25) is 9.59 Å². The monoisotopic (exact) mass is 330 g/mol. The highest BCUT2D eigenvalue weighted by atomic mass is 16.6. The number of fused-ring (bicyclic) bond motifs is 1. The van der Waals surface area contributed by atoms with Crippen molar-refractivity contribution in [1.82, 2.24) is 9.80 Å². The van der Waals surface area contributed by atoms with Gasteiger partial charge in [-0.1, -0.05) is 6.42 Å². The average molecular weight is 330 g/mol. The van der Waals surface area contributed by atoms with Crippen LogP contribution in [0.5, 0.6) is 11.5 Å². The second kappa shape index (κ2) is 6.34. The van der Waals surface area contributed by atoms with Crippen LogP contribution in [0.15, 0.2) is 18.2 Å². The number of rotatable bonds is 2. The van der Waals surface area contributed by atoms with Crippen LogP contribution in [0, 0.1) is 5.92 Å². The lowest BCUT2D eigenvalue weighted by atomic mass is 9.84. The lowest BCUT2D eigenvalue weighted by Crippen LogP contribution is -2.52. The highest BCUT2D eigenvalue weighted by Gasteiger charge is 2.32. The molecule has 4 rings (SSSR count). The molecule has 1 saturated carbocycles. The summed E-state index contributed by atoms with van der Waals surface area (Å²) in [5.74, 6) is 1.81. The number of carbonyl (C=O) groups excluding carboxylic acids is 2. The minimum absolute atomic E-state index is 0.0114. The molecule has 2 amide bonds. The average Bonchev–Trinajstić information content (AvgIpc) is 2.59. The first-order valence-electron chi connectivity index (χ1n) is 8.70. The van der Waals surface area contributed by atoms with Crippen molar-refractivity contribution >= 4 is 11.8 Å². The van der Waals surface area contributed by atoms with E-state index in [2.05, 4.69) is 0 Å². The third-order valence-electron chi connectivity index (χ3n) is 5.12. The molecule has 128 valence electrons. The van der Waals surface area contributed by atoms with Crippen LogP contribution in [-0.2, 0) is 4.79 Å². The minimum Gasteiger partial charge on any atom is -0.486 e. The summed E-state index contributed by atoms with van der Waals surface area (Å²) in [6.45, 7) is 3.48. The van der Waals surface area contributed by atoms with Crippen LogP contribution < -0.4 is 9.47 Å². The number of hydrogen-bond acceptors (Lipinski definition) is 4. The van der Waals surface area contributed by atoms with E-state index >= 15 is 0 Å². The molecule has 6 nitrogen and oxygen atoms in total. The molecule has 0 aromatic heterocycles. The molecule has 0 bridgehead atoms. The molecule has 3 aliphatic rings. The molecule has 0 N–H and O–H groups in total. The number of hydrogen-bond donors (Lipinski definition) is 0. The molecule has 2 fully saturated rings. The molecule has 1 aromatic rings. The largest absolute Gasteiger partial charge is 0.486 e. The van der Waals surface area contributed by atoms with Gasteiger partial charge in [0, 0.05) is 37.7 Å². The van der Waals surface area contributed by atoms with Gasteiger partial charge in [0.2, 0.25) is 5.91 Å². The SMILES string of the molecule is O=C(c1ccc2c(c1)OCCO2)N1CCN(C(=O)C2CCC2)CC1. The third-order valence-corrected chi connectivity index (χ3v) is 5.12. The number of amides is 2. The third kappa shape index (κ3) is 2.81.